The van der Waals surface area contributed by atoms with Crippen molar-refractivity contribution < 1.29 is 26.7 Å². The molecule has 1 aliphatic rings. The molecule has 0 N–H and O–H groups in total. The fourth-order valence-corrected chi connectivity index (χ4v) is 5.39. The van der Waals surface area contributed by atoms with Crippen molar-refractivity contribution in [3.8, 4) is 11.3 Å². The number of aryl methyl sites for hydroxylation is 1. The molecule has 1 aromatic heterocycles. The Morgan fingerprint density at radius 2 is 1.71 bits per heavy atom. The lowest BCUT2D eigenvalue weighted by molar-refractivity contribution is 0.0695. The highest BCUT2D eigenvalue weighted by Gasteiger charge is 2.31. The fourth-order valence-electron chi connectivity index (χ4n) is 5.39. The van der Waals surface area contributed by atoms with Crippen LogP contribution in [0.3, 0.4) is 0 Å². The third kappa shape index (κ3) is 5.80. The first kappa shape index (κ1) is 28.3. The van der Waals surface area contributed by atoms with E-state index < -0.39 is 24.5 Å². The average molecular weight is 566 g/mol. The predicted molar refractivity (Wildman–Crippen MR) is 150 cm³/mol. The second kappa shape index (κ2) is 11.7. The number of hydrogen-bond donors (Lipinski definition) is 0. The Balaban J connectivity index is 1.36. The molecular weight excluding hydrogens is 537 g/mol. The van der Waals surface area contributed by atoms with Gasteiger partial charge in [0.25, 0.3) is 12.3 Å². The van der Waals surface area contributed by atoms with E-state index in [-0.39, 0.29) is 17.5 Å². The van der Waals surface area contributed by atoms with E-state index in [1.807, 2.05) is 0 Å². The Morgan fingerprint density at radius 1 is 0.976 bits per heavy atom. The number of carbonyl (C=O) groups is 1. The molecule has 0 radical (unpaired) electrons. The first-order chi connectivity index (χ1) is 19.6. The van der Waals surface area contributed by atoms with E-state index in [0.717, 1.165) is 4.90 Å². The number of benzene rings is 3. The molecule has 41 heavy (non-hydrogen) atoms. The number of aromatic nitrogens is 1. The lowest BCUT2D eigenvalue weighted by atomic mass is 9.92. The van der Waals surface area contributed by atoms with Crippen LogP contribution in [-0.2, 0) is 0 Å². The highest BCUT2D eigenvalue weighted by atomic mass is 19.3. The third-order valence-corrected chi connectivity index (χ3v) is 7.55. The number of rotatable bonds is 7. The van der Waals surface area contributed by atoms with Crippen molar-refractivity contribution in [1.29, 1.82) is 0 Å². The minimum absolute atomic E-state index is 0.202. The van der Waals surface area contributed by atoms with Crippen LogP contribution in [0.25, 0.3) is 22.0 Å². The van der Waals surface area contributed by atoms with E-state index in [4.69, 9.17) is 0 Å². The number of halogens is 5. The standard InChI is InChI=1S/C32H28F5N3O/c1-19-6-3-4-9-28(19)40(32(36)37)20(2)21-12-14-39(15-13-21)31(41)23-10-11-26-24(16-23)18-27(30(34)35)38-29(26)22-7-5-8-25(33)17-22/h3-11,16-18,21,30,32H,2,12-15H2,1H3. The number of fused-ring (bicyclic) bond motifs is 1. The number of piperidine rings is 1. The van der Waals surface area contributed by atoms with Gasteiger partial charge in [-0.3, -0.25) is 9.69 Å². The number of hydrogen-bond acceptors (Lipinski definition) is 3. The summed E-state index contributed by atoms with van der Waals surface area (Å²) in [7, 11) is 0. The second-order valence-corrected chi connectivity index (χ2v) is 10.1. The summed E-state index contributed by atoms with van der Waals surface area (Å²) in [6.45, 7) is 3.67. The normalized spacial score (nSPS) is 14.2. The molecule has 4 nitrogen and oxygen atoms in total. The molecule has 3 aromatic carbocycles. The fraction of sp³-hybridized carbons (Fsp3) is 0.250. The topological polar surface area (TPSA) is 36.4 Å². The molecule has 0 unspecified atom stereocenters. The van der Waals surface area contributed by atoms with Gasteiger partial charge in [0, 0.05) is 46.9 Å². The number of amides is 1. The van der Waals surface area contributed by atoms with E-state index >= 15 is 0 Å². The smallest absolute Gasteiger partial charge is 0.319 e. The Hall–Kier alpha value is -4.27. The molecule has 1 amide bonds. The molecular formula is C32H28F5N3O. The summed E-state index contributed by atoms with van der Waals surface area (Å²) in [6.07, 6.45) is -1.95. The van der Waals surface area contributed by atoms with Gasteiger partial charge in [-0.25, -0.2) is 18.2 Å². The largest absolute Gasteiger partial charge is 0.339 e. The number of allylic oxidation sites excluding steroid dienone is 1. The number of alkyl halides is 4. The summed E-state index contributed by atoms with van der Waals surface area (Å²) in [5.41, 5.74) is 1.80. The Kier molecular flexibility index (Phi) is 8.06. The average Bonchev–Trinajstić information content (AvgIpc) is 2.96. The number of carbonyl (C=O) groups excluding carboxylic acids is 1. The van der Waals surface area contributed by atoms with Gasteiger partial charge >= 0.3 is 6.55 Å². The van der Waals surface area contributed by atoms with Gasteiger partial charge in [0.2, 0.25) is 0 Å². The van der Waals surface area contributed by atoms with Gasteiger partial charge < -0.3 is 4.90 Å². The Bertz CT molecular complexity index is 1600. The summed E-state index contributed by atoms with van der Waals surface area (Å²) in [4.78, 5) is 20.1. The van der Waals surface area contributed by atoms with Gasteiger partial charge in [-0.1, -0.05) is 43.0 Å². The van der Waals surface area contributed by atoms with Crippen LogP contribution in [0, 0.1) is 18.7 Å². The summed E-state index contributed by atoms with van der Waals surface area (Å²) in [5, 5.41) is 0.893. The molecule has 0 atom stereocenters. The van der Waals surface area contributed by atoms with E-state index in [1.54, 1.807) is 54.3 Å². The molecule has 0 saturated carbocycles. The van der Waals surface area contributed by atoms with Crippen molar-refractivity contribution in [3.05, 3.63) is 108 Å². The third-order valence-electron chi connectivity index (χ3n) is 7.55. The molecule has 1 fully saturated rings. The maximum atomic E-state index is 14.1. The maximum Gasteiger partial charge on any atom is 0.319 e. The van der Waals surface area contributed by atoms with E-state index in [1.165, 1.54) is 30.3 Å². The summed E-state index contributed by atoms with van der Waals surface area (Å²) in [6, 6.07) is 18.4. The van der Waals surface area contributed by atoms with Crippen LogP contribution in [0.1, 0.15) is 40.9 Å². The maximum absolute atomic E-state index is 14.1. The minimum atomic E-state index is -2.86. The molecule has 0 spiro atoms. The van der Waals surface area contributed by atoms with Gasteiger partial charge in [0.15, 0.2) is 0 Å². The minimum Gasteiger partial charge on any atom is -0.339 e. The predicted octanol–water partition coefficient (Wildman–Crippen LogP) is 8.38. The number of likely N-dealkylation sites (tertiary alicyclic amines) is 1. The van der Waals surface area contributed by atoms with Gasteiger partial charge in [-0.2, -0.15) is 8.78 Å². The van der Waals surface area contributed by atoms with Gasteiger partial charge in [-0.15, -0.1) is 0 Å². The van der Waals surface area contributed by atoms with Crippen molar-refractivity contribution in [2.75, 3.05) is 18.0 Å². The van der Waals surface area contributed by atoms with Crippen LogP contribution in [0.2, 0.25) is 0 Å². The lowest BCUT2D eigenvalue weighted by Gasteiger charge is -2.37. The Labute approximate surface area is 234 Å². The molecule has 4 aromatic rings. The van der Waals surface area contributed by atoms with Crippen molar-refractivity contribution in [1.82, 2.24) is 9.88 Å². The first-order valence-electron chi connectivity index (χ1n) is 13.2. The number of nitrogens with zero attached hydrogens (tertiary/aromatic N) is 3. The van der Waals surface area contributed by atoms with Crippen molar-refractivity contribution in [2.24, 2.45) is 5.92 Å². The van der Waals surface area contributed by atoms with E-state index in [2.05, 4.69) is 11.6 Å². The molecule has 9 heteroatoms. The number of pyridine rings is 1. The van der Waals surface area contributed by atoms with Crippen LogP contribution in [0.5, 0.6) is 0 Å². The van der Waals surface area contributed by atoms with Crippen LogP contribution < -0.4 is 4.90 Å². The SMILES string of the molecule is C=C(C1CCN(C(=O)c2ccc3c(-c4cccc(F)c4)nc(C(F)F)cc3c2)CC1)N(c1ccccc1C)C(F)F. The zero-order valence-electron chi connectivity index (χ0n) is 22.3. The van der Waals surface area contributed by atoms with E-state index in [0.29, 0.717) is 64.8 Å². The first-order valence-corrected chi connectivity index (χ1v) is 13.2. The summed E-state index contributed by atoms with van der Waals surface area (Å²) >= 11 is 0. The van der Waals surface area contributed by atoms with Crippen LogP contribution in [0.4, 0.5) is 27.6 Å². The number of anilines is 1. The van der Waals surface area contributed by atoms with Crippen LogP contribution in [0.15, 0.2) is 85.1 Å². The van der Waals surface area contributed by atoms with Gasteiger partial charge in [0.1, 0.15) is 11.5 Å². The lowest BCUT2D eigenvalue weighted by Crippen LogP contribution is -2.41. The zero-order valence-corrected chi connectivity index (χ0v) is 22.3. The van der Waals surface area contributed by atoms with Crippen LogP contribution >= 0.6 is 0 Å². The van der Waals surface area contributed by atoms with Crippen molar-refractivity contribution >= 4 is 22.4 Å². The molecule has 1 saturated heterocycles. The zero-order chi connectivity index (χ0) is 29.3. The van der Waals surface area contributed by atoms with E-state index in [9.17, 15) is 26.7 Å². The highest BCUT2D eigenvalue weighted by molar-refractivity contribution is 6.02. The molecule has 0 bridgehead atoms. The van der Waals surface area contributed by atoms with Gasteiger partial charge in [-0.05, 0) is 67.1 Å². The quantitative estimate of drug-likeness (QED) is 0.167. The second-order valence-electron chi connectivity index (χ2n) is 10.1. The van der Waals surface area contributed by atoms with Crippen LogP contribution in [-0.4, -0.2) is 35.4 Å². The monoisotopic (exact) mass is 565 g/mol. The van der Waals surface area contributed by atoms with Crippen molar-refractivity contribution in [3.63, 3.8) is 0 Å². The van der Waals surface area contributed by atoms with Gasteiger partial charge in [0.05, 0.1) is 5.69 Å². The van der Waals surface area contributed by atoms with Crippen molar-refractivity contribution in [2.45, 2.75) is 32.7 Å². The molecule has 212 valence electrons. The Morgan fingerprint density at radius 3 is 2.37 bits per heavy atom. The molecule has 5 rings (SSSR count). The highest BCUT2D eigenvalue weighted by Crippen LogP contribution is 2.35. The molecule has 0 aliphatic carbocycles. The molecule has 1 aliphatic heterocycles. The summed E-state index contributed by atoms with van der Waals surface area (Å²) in [5.74, 6) is -1.05. The number of para-hydroxylation sites is 1. The molecule has 2 heterocycles. The summed E-state index contributed by atoms with van der Waals surface area (Å²) < 4.78 is 69.4.